The largest absolute Gasteiger partial charge is 0.481 e. The molecule has 10 atom stereocenters. The number of nitrogens with zero attached hydrogens (tertiary/aromatic N) is 2. The van der Waals surface area contributed by atoms with Gasteiger partial charge in [-0.15, -0.1) is 0 Å². The van der Waals surface area contributed by atoms with E-state index in [1.165, 1.54) is 29.3 Å². The summed E-state index contributed by atoms with van der Waals surface area (Å²) >= 11 is 0. The zero-order valence-corrected chi connectivity index (χ0v) is 25.5. The van der Waals surface area contributed by atoms with Crippen molar-refractivity contribution in [1.29, 1.82) is 0 Å². The fourth-order valence-electron chi connectivity index (χ4n) is 12.2. The molecule has 5 aliphatic carbocycles. The van der Waals surface area contributed by atoms with Crippen LogP contribution in [0, 0.1) is 56.7 Å². The molecule has 5 saturated carbocycles. The van der Waals surface area contributed by atoms with Crippen molar-refractivity contribution < 1.29 is 19.4 Å². The average Bonchev–Trinajstić information content (AvgIpc) is 3.55. The van der Waals surface area contributed by atoms with Crippen LogP contribution in [0.4, 0.5) is 4.79 Å². The van der Waals surface area contributed by atoms with Gasteiger partial charge in [0.2, 0.25) is 0 Å². The number of imidazole rings is 1. The molecule has 6 heteroatoms. The summed E-state index contributed by atoms with van der Waals surface area (Å²) in [7, 11) is 0. The zero-order valence-electron chi connectivity index (χ0n) is 25.5. The second kappa shape index (κ2) is 8.94. The minimum atomic E-state index is -0.572. The van der Waals surface area contributed by atoms with Crippen molar-refractivity contribution in [2.75, 3.05) is 0 Å². The van der Waals surface area contributed by atoms with E-state index in [1.807, 2.05) is 0 Å². The number of carboxylic acid groups (broad SMARTS) is 1. The Bertz CT molecular complexity index is 1210. The number of aliphatic carboxylic acids is 1. The van der Waals surface area contributed by atoms with Gasteiger partial charge in [-0.2, -0.15) is 0 Å². The predicted molar refractivity (Wildman–Crippen MR) is 154 cm³/mol. The lowest BCUT2D eigenvalue weighted by Gasteiger charge is -2.72. The Labute approximate surface area is 240 Å². The van der Waals surface area contributed by atoms with E-state index in [0.717, 1.165) is 51.4 Å². The number of carboxylic acids is 1. The predicted octanol–water partition coefficient (Wildman–Crippen LogP) is 7.98. The number of fused-ring (bicyclic) bond motifs is 7. The molecule has 1 N–H and O–H groups in total. The van der Waals surface area contributed by atoms with Crippen LogP contribution in [-0.4, -0.2) is 32.8 Å². The summed E-state index contributed by atoms with van der Waals surface area (Å²) in [5.74, 6) is 1.47. The third-order valence-corrected chi connectivity index (χ3v) is 14.4. The van der Waals surface area contributed by atoms with Crippen LogP contribution in [0.3, 0.4) is 0 Å². The third-order valence-electron chi connectivity index (χ3n) is 14.4. The fraction of sp³-hybridized carbons (Fsp3) is 0.794. The molecule has 6 nitrogen and oxygen atoms in total. The van der Waals surface area contributed by atoms with E-state index in [2.05, 4.69) is 53.1 Å². The highest BCUT2D eigenvalue weighted by molar-refractivity contribution is 5.76. The van der Waals surface area contributed by atoms with E-state index in [0.29, 0.717) is 23.7 Å². The second-order valence-corrected chi connectivity index (χ2v) is 15.8. The van der Waals surface area contributed by atoms with Gasteiger partial charge in [0.15, 0.2) is 0 Å². The van der Waals surface area contributed by atoms with E-state index >= 15 is 0 Å². The van der Waals surface area contributed by atoms with Crippen LogP contribution >= 0.6 is 0 Å². The number of carbonyl (C=O) groups is 2. The van der Waals surface area contributed by atoms with Crippen molar-refractivity contribution in [2.24, 2.45) is 56.7 Å². The highest BCUT2D eigenvalue weighted by Crippen LogP contribution is 2.77. The molecule has 0 bridgehead atoms. The van der Waals surface area contributed by atoms with E-state index in [4.69, 9.17) is 4.74 Å². The SMILES string of the molecule is C=C(C)[C@@H]1CC[C@]2(C(=O)O)CC[C@]3(C)[C@H](CC[C@@H]4[C@@]5(C)CC[C@H](OC(=O)n6ccnc6)C(C)(C)[C@@H]5CC[C@]43C)[C@@H]12. The minimum absolute atomic E-state index is 0.113. The topological polar surface area (TPSA) is 81.4 Å². The molecule has 40 heavy (non-hydrogen) atoms. The van der Waals surface area contributed by atoms with Crippen LogP contribution in [0.15, 0.2) is 30.9 Å². The lowest BCUT2D eigenvalue weighted by atomic mass is 9.32. The molecule has 0 amide bonds. The maximum absolute atomic E-state index is 12.9. The molecule has 220 valence electrons. The summed E-state index contributed by atoms with van der Waals surface area (Å²) in [6.45, 7) is 18.8. The van der Waals surface area contributed by atoms with Crippen molar-refractivity contribution in [3.63, 3.8) is 0 Å². The quantitative estimate of drug-likeness (QED) is 0.386. The summed E-state index contributed by atoms with van der Waals surface area (Å²) in [4.78, 5) is 29.8. The smallest absolute Gasteiger partial charge is 0.419 e. The maximum Gasteiger partial charge on any atom is 0.419 e. The van der Waals surface area contributed by atoms with Gasteiger partial charge in [0.05, 0.1) is 5.41 Å². The molecule has 0 aliphatic heterocycles. The molecule has 1 aromatic rings. The van der Waals surface area contributed by atoms with Crippen LogP contribution in [0.25, 0.3) is 0 Å². The molecule has 5 aliphatic rings. The molecule has 5 fully saturated rings. The number of allylic oxidation sites excluding steroid dienone is 1. The van der Waals surface area contributed by atoms with E-state index in [-0.39, 0.29) is 39.8 Å². The van der Waals surface area contributed by atoms with Gasteiger partial charge >= 0.3 is 12.1 Å². The highest BCUT2D eigenvalue weighted by atomic mass is 16.6. The molecule has 1 heterocycles. The van der Waals surface area contributed by atoms with Gasteiger partial charge < -0.3 is 9.84 Å². The third kappa shape index (κ3) is 3.49. The number of ether oxygens (including phenoxy) is 1. The molecule has 0 aromatic carbocycles. The Balaban J connectivity index is 1.31. The summed E-state index contributed by atoms with van der Waals surface area (Å²) in [6.07, 6.45) is 14.5. The monoisotopic (exact) mass is 550 g/mol. The fourth-order valence-corrected chi connectivity index (χ4v) is 12.2. The molecule has 0 unspecified atom stereocenters. The lowest BCUT2D eigenvalue weighted by molar-refractivity contribution is -0.247. The molecule has 1 aromatic heterocycles. The standard InChI is InChI=1S/C34H50N2O4/c1-21(2)22-10-15-34(28(37)38)17-16-32(6)23(27(22)34)8-9-25-31(5)13-12-26(40-29(39)36-19-18-35-20-36)30(3,4)24(31)11-14-33(25,32)7/h18-20,22-27H,1,8-17H2,2-7H3,(H,37,38)/t22-,23+,24-,25+,26-,27+,31-,32+,33+,34-/m0/s1. The number of carbonyl (C=O) groups excluding carboxylic acids is 1. The van der Waals surface area contributed by atoms with Crippen molar-refractivity contribution in [3.8, 4) is 0 Å². The number of rotatable bonds is 3. The van der Waals surface area contributed by atoms with Gasteiger partial charge in [-0.05, 0) is 117 Å². The van der Waals surface area contributed by atoms with Gasteiger partial charge in [-0.25, -0.2) is 14.3 Å². The Hall–Kier alpha value is -2.11. The average molecular weight is 551 g/mol. The van der Waals surface area contributed by atoms with Crippen LogP contribution < -0.4 is 0 Å². The molecule has 0 radical (unpaired) electrons. The molecular weight excluding hydrogens is 500 g/mol. The number of hydrogen-bond acceptors (Lipinski definition) is 4. The molecule has 0 spiro atoms. The summed E-state index contributed by atoms with van der Waals surface area (Å²) in [6, 6.07) is 0. The summed E-state index contributed by atoms with van der Waals surface area (Å²) < 4.78 is 7.58. The Kier molecular flexibility index (Phi) is 6.27. The van der Waals surface area contributed by atoms with Gasteiger partial charge in [-0.1, -0.05) is 46.8 Å². The van der Waals surface area contributed by atoms with Crippen molar-refractivity contribution in [3.05, 3.63) is 30.9 Å². The van der Waals surface area contributed by atoms with Crippen molar-refractivity contribution in [2.45, 2.75) is 112 Å². The van der Waals surface area contributed by atoms with Crippen molar-refractivity contribution >= 4 is 12.1 Å². The first-order chi connectivity index (χ1) is 18.7. The van der Waals surface area contributed by atoms with E-state index < -0.39 is 11.4 Å². The first kappa shape index (κ1) is 28.0. The Morgan fingerprint density at radius 1 is 0.925 bits per heavy atom. The normalized spacial score (nSPS) is 47.2. The lowest BCUT2D eigenvalue weighted by Crippen LogP contribution is -2.67. The Morgan fingerprint density at radius 3 is 2.33 bits per heavy atom. The maximum atomic E-state index is 12.9. The van der Waals surface area contributed by atoms with E-state index in [9.17, 15) is 14.7 Å². The summed E-state index contributed by atoms with van der Waals surface area (Å²) in [5, 5.41) is 10.6. The number of aromatic nitrogens is 2. The van der Waals surface area contributed by atoms with Crippen LogP contribution in [0.1, 0.15) is 106 Å². The van der Waals surface area contributed by atoms with Crippen LogP contribution in [0.5, 0.6) is 0 Å². The highest BCUT2D eigenvalue weighted by Gasteiger charge is 2.72. The van der Waals surface area contributed by atoms with Crippen LogP contribution in [0.2, 0.25) is 0 Å². The first-order valence-electron chi connectivity index (χ1n) is 15.8. The molecule has 6 rings (SSSR count). The number of hydrogen-bond donors (Lipinski definition) is 1. The van der Waals surface area contributed by atoms with Gasteiger partial charge in [0.25, 0.3) is 0 Å². The van der Waals surface area contributed by atoms with Gasteiger partial charge in [0.1, 0.15) is 12.4 Å². The molecule has 0 saturated heterocycles. The van der Waals surface area contributed by atoms with Gasteiger partial charge in [0, 0.05) is 17.8 Å². The van der Waals surface area contributed by atoms with E-state index in [1.54, 1.807) is 12.4 Å². The van der Waals surface area contributed by atoms with Crippen LogP contribution in [-0.2, 0) is 9.53 Å². The molecular formula is C34H50N2O4. The Morgan fingerprint density at radius 2 is 1.68 bits per heavy atom. The zero-order chi connectivity index (χ0) is 28.9. The second-order valence-electron chi connectivity index (χ2n) is 15.8. The van der Waals surface area contributed by atoms with Gasteiger partial charge in [-0.3, -0.25) is 4.79 Å². The van der Waals surface area contributed by atoms with Crippen molar-refractivity contribution in [1.82, 2.24) is 9.55 Å². The minimum Gasteiger partial charge on any atom is -0.481 e. The summed E-state index contributed by atoms with van der Waals surface area (Å²) in [5.41, 5.74) is 0.963. The first-order valence-corrected chi connectivity index (χ1v) is 15.8.